The summed E-state index contributed by atoms with van der Waals surface area (Å²) in [5.41, 5.74) is 1.41. The molecule has 0 unspecified atom stereocenters. The van der Waals surface area contributed by atoms with Gasteiger partial charge in [0.25, 0.3) is 0 Å². The molecule has 0 aliphatic heterocycles. The van der Waals surface area contributed by atoms with Crippen molar-refractivity contribution in [1.29, 1.82) is 0 Å². The van der Waals surface area contributed by atoms with E-state index in [1.54, 1.807) is 0 Å². The van der Waals surface area contributed by atoms with Crippen LogP contribution in [0.1, 0.15) is 89.5 Å². The first-order valence-corrected chi connectivity index (χ1v) is 15.1. The molecule has 2 fully saturated rings. The third-order valence-corrected chi connectivity index (χ3v) is 3.97. The maximum Gasteiger partial charge on any atom is 3.00 e. The fraction of sp³-hybridized carbons (Fsp3) is 0.520. The van der Waals surface area contributed by atoms with Crippen LogP contribution in [0.25, 0.3) is 0 Å². The smallest absolute Gasteiger partial charge is 0.358 e. The second-order valence-electron chi connectivity index (χ2n) is 8.02. The molecule has 1 radical (unpaired) electrons. The SMILES string of the molecule is C1CCCC1.C1CCCC1.CC(C)c1ccccc1.F[P-](F)(F)(F)(F)F.F[P-](F)(F)(F)(F)F.[C-]#[O+].[C-]#[O+].[C-]#[O+].[CH3-].[CH3-].[CH3-].[Fe+3].[Fe]. The second-order valence-corrected chi connectivity index (χ2v) is 11.9. The van der Waals surface area contributed by atoms with E-state index in [9.17, 15) is 50.4 Å². The number of hydrogen-bond donors (Lipinski definition) is 0. The van der Waals surface area contributed by atoms with Gasteiger partial charge >= 0.3 is 117 Å². The van der Waals surface area contributed by atoms with Crippen molar-refractivity contribution in [3.05, 3.63) is 78.1 Å². The van der Waals surface area contributed by atoms with Crippen LogP contribution in [0.5, 0.6) is 0 Å². The van der Waals surface area contributed by atoms with Gasteiger partial charge < -0.3 is 22.3 Å². The number of hydrogen-bond acceptors (Lipinski definition) is 0. The van der Waals surface area contributed by atoms with Crippen LogP contribution >= 0.6 is 15.6 Å². The van der Waals surface area contributed by atoms with Crippen molar-refractivity contribution >= 4 is 15.6 Å². The standard InChI is InChI=1S/C9H12.2C5H10.3CO.3CH3.2F6P.2Fe/c1-8(2)9-6-4-3-5-7-9;2*1-2-4-5-3-1;3*1-2;;;;2*1-7(2,3,4,5)6;;/h3-8H,1-2H3;2*1-5H2;;;;3*1H3;;;;/q;;;;;;5*-1;;+3. The van der Waals surface area contributed by atoms with Crippen LogP contribution in [-0.2, 0) is 48.1 Å². The molecule has 0 aromatic heterocycles. The summed E-state index contributed by atoms with van der Waals surface area (Å²) >= 11 is 0. The van der Waals surface area contributed by atoms with Crippen molar-refractivity contribution in [3.63, 3.8) is 0 Å². The number of benzene rings is 1. The molecule has 0 N–H and O–H groups in total. The van der Waals surface area contributed by atoms with Gasteiger partial charge in [0.05, 0.1) is 0 Å². The molecule has 271 valence electrons. The van der Waals surface area contributed by atoms with Gasteiger partial charge in [0.2, 0.25) is 0 Å². The fourth-order valence-corrected chi connectivity index (χ4v) is 2.61. The van der Waals surface area contributed by atoms with Crippen LogP contribution in [0.15, 0.2) is 30.3 Å². The minimum atomic E-state index is -10.7. The van der Waals surface area contributed by atoms with Crippen LogP contribution in [-0.4, -0.2) is 0 Å². The van der Waals surface area contributed by atoms with E-state index in [4.69, 9.17) is 14.0 Å². The van der Waals surface area contributed by atoms with Gasteiger partial charge in [-0.2, -0.15) is 0 Å². The first kappa shape index (κ1) is 70.0. The van der Waals surface area contributed by atoms with Crippen LogP contribution in [0.2, 0.25) is 0 Å². The molecule has 0 heterocycles. The monoisotopic (exact) mass is 791 g/mol. The van der Waals surface area contributed by atoms with Gasteiger partial charge in [-0.1, -0.05) is 108 Å². The number of halogens is 12. The van der Waals surface area contributed by atoms with E-state index < -0.39 is 15.6 Å². The van der Waals surface area contributed by atoms with E-state index >= 15 is 0 Å². The van der Waals surface area contributed by atoms with Crippen LogP contribution in [0.4, 0.5) is 50.4 Å². The molecule has 3 nitrogen and oxygen atoms in total. The van der Waals surface area contributed by atoms with Gasteiger partial charge in [0.1, 0.15) is 0 Å². The maximum absolute atomic E-state index is 10.7. The van der Waals surface area contributed by atoms with E-state index in [1.807, 2.05) is 6.07 Å². The number of rotatable bonds is 1. The summed E-state index contributed by atoms with van der Waals surface area (Å²) in [6.07, 6.45) is 15.0. The summed E-state index contributed by atoms with van der Waals surface area (Å²) in [6.45, 7) is 17.9. The van der Waals surface area contributed by atoms with Crippen molar-refractivity contribution in [2.75, 3.05) is 0 Å². The topological polar surface area (TPSA) is 59.7 Å². The Bertz CT molecular complexity index is 702. The molecule has 2 aliphatic rings. The molecule has 0 atom stereocenters. The molecule has 19 heteroatoms. The zero-order valence-corrected chi connectivity index (χ0v) is 28.9. The zero-order chi connectivity index (χ0) is 32.6. The summed E-state index contributed by atoms with van der Waals surface area (Å²) in [7, 11) is -21.3. The molecule has 0 bridgehead atoms. The first-order valence-electron chi connectivity index (χ1n) is 11.0. The van der Waals surface area contributed by atoms with E-state index in [0.29, 0.717) is 5.92 Å². The average molecular weight is 791 g/mol. The van der Waals surface area contributed by atoms with Gasteiger partial charge in [-0.05, 0) is 11.5 Å². The Kier molecular flexibility index (Phi) is 45.7. The van der Waals surface area contributed by atoms with Gasteiger partial charge in [0.15, 0.2) is 0 Å². The molecule has 0 spiro atoms. The maximum atomic E-state index is 9.87. The van der Waals surface area contributed by atoms with Gasteiger partial charge in [-0.3, -0.25) is 0 Å². The fourth-order valence-electron chi connectivity index (χ4n) is 2.61. The molecular weight excluding hydrogens is 750 g/mol. The third kappa shape index (κ3) is 147. The normalized spacial score (nSPS) is 15.0. The summed E-state index contributed by atoms with van der Waals surface area (Å²) in [4.78, 5) is 0. The van der Waals surface area contributed by atoms with Gasteiger partial charge in [-0.25, -0.2) is 0 Å². The van der Waals surface area contributed by atoms with Crippen LogP contribution in [0.3, 0.4) is 0 Å². The third-order valence-electron chi connectivity index (χ3n) is 3.97. The van der Waals surface area contributed by atoms with Crippen molar-refractivity contribution in [3.8, 4) is 0 Å². The Morgan fingerprint density at radius 2 is 0.614 bits per heavy atom. The Morgan fingerprint density at radius 3 is 0.705 bits per heavy atom. The Hall–Kier alpha value is -0.501. The minimum Gasteiger partial charge on any atom is -0.358 e. The Morgan fingerprint density at radius 1 is 0.477 bits per heavy atom. The molecular formula is C25H41F12Fe2O3P2-2. The average Bonchev–Trinajstić information content (AvgIpc) is 3.53. The molecule has 0 amide bonds. The predicted octanol–water partition coefficient (Wildman–Crippen LogP) is 14.7. The van der Waals surface area contributed by atoms with Crippen LogP contribution < -0.4 is 0 Å². The first-order chi connectivity index (χ1) is 17.2. The van der Waals surface area contributed by atoms with Crippen molar-refractivity contribution < 1.29 is 98.5 Å². The largest absolute Gasteiger partial charge is 3.00 e. The molecule has 44 heavy (non-hydrogen) atoms. The second kappa shape index (κ2) is 28.7. The molecule has 0 saturated heterocycles. The minimum absolute atomic E-state index is 0. The Balaban J connectivity index is -0.0000000386. The van der Waals surface area contributed by atoms with Crippen LogP contribution in [0, 0.1) is 42.2 Å². The molecule has 2 aliphatic carbocycles. The molecule has 2 saturated carbocycles. The van der Waals surface area contributed by atoms with Gasteiger partial charge in [-0.15, -0.1) is 0 Å². The van der Waals surface area contributed by atoms with E-state index in [1.165, 1.54) is 69.8 Å². The van der Waals surface area contributed by atoms with E-state index in [2.05, 4.69) is 58.1 Å². The molecule has 1 aromatic rings. The summed E-state index contributed by atoms with van der Waals surface area (Å²) < 4.78 is 141. The van der Waals surface area contributed by atoms with E-state index in [0.717, 1.165) is 0 Å². The quantitative estimate of drug-likeness (QED) is 0.0894. The Labute approximate surface area is 275 Å². The van der Waals surface area contributed by atoms with Crippen molar-refractivity contribution in [2.45, 2.75) is 84.0 Å². The summed E-state index contributed by atoms with van der Waals surface area (Å²) in [5.74, 6) is 0.659. The van der Waals surface area contributed by atoms with Crippen molar-refractivity contribution in [1.82, 2.24) is 0 Å². The van der Waals surface area contributed by atoms with Gasteiger partial charge in [0, 0.05) is 17.1 Å². The predicted molar refractivity (Wildman–Crippen MR) is 145 cm³/mol. The molecule has 1 aromatic carbocycles. The zero-order valence-electron chi connectivity index (χ0n) is 24.9. The molecule has 3 rings (SSSR count). The van der Waals surface area contributed by atoms with E-state index in [-0.39, 0.29) is 56.4 Å². The summed E-state index contributed by atoms with van der Waals surface area (Å²) in [5, 5.41) is 0. The van der Waals surface area contributed by atoms with Crippen molar-refractivity contribution in [2.24, 2.45) is 0 Å². The summed E-state index contributed by atoms with van der Waals surface area (Å²) in [6, 6.07) is 10.5.